The van der Waals surface area contributed by atoms with E-state index in [4.69, 9.17) is 4.74 Å². The molecule has 5 heteroatoms. The lowest BCUT2D eigenvalue weighted by molar-refractivity contribution is -0.00952. The molecule has 0 saturated carbocycles. The Hall–Kier alpha value is -2.73. The number of carbonyl (C=O) groups excluding carboxylic acids is 2. The molecule has 4 nitrogen and oxygen atoms in total. The summed E-state index contributed by atoms with van der Waals surface area (Å²) in [4.78, 5) is 30.6. The highest BCUT2D eigenvalue weighted by Crippen LogP contribution is 2.30. The number of thioether (sulfide) groups is 1. The number of ketones is 2. The van der Waals surface area contributed by atoms with E-state index >= 15 is 0 Å². The van der Waals surface area contributed by atoms with Crippen LogP contribution in [-0.2, 0) is 11.2 Å². The van der Waals surface area contributed by atoms with Crippen LogP contribution in [-0.4, -0.2) is 54.6 Å². The van der Waals surface area contributed by atoms with Gasteiger partial charge >= 0.3 is 0 Å². The van der Waals surface area contributed by atoms with E-state index in [1.807, 2.05) is 92.0 Å². The van der Waals surface area contributed by atoms with Crippen LogP contribution in [0.3, 0.4) is 0 Å². The Morgan fingerprint density at radius 2 is 1.52 bits per heavy atom. The molecule has 1 fully saturated rings. The average Bonchev–Trinajstić information content (AvgIpc) is 2.89. The van der Waals surface area contributed by atoms with Crippen LogP contribution < -0.4 is 0 Å². The van der Waals surface area contributed by atoms with E-state index in [9.17, 15) is 9.59 Å². The van der Waals surface area contributed by atoms with Crippen molar-refractivity contribution in [1.82, 2.24) is 4.90 Å². The van der Waals surface area contributed by atoms with E-state index in [2.05, 4.69) is 4.90 Å². The molecular formula is C28H29NO3S. The van der Waals surface area contributed by atoms with Gasteiger partial charge in [0.2, 0.25) is 0 Å². The second-order valence-corrected chi connectivity index (χ2v) is 9.34. The van der Waals surface area contributed by atoms with Crippen LogP contribution in [0.15, 0.2) is 83.8 Å². The number of ether oxygens (including phenoxy) is 1. The molecule has 33 heavy (non-hydrogen) atoms. The fourth-order valence-electron chi connectivity index (χ4n) is 4.46. The Balaban J connectivity index is 1.72. The molecule has 0 bridgehead atoms. The molecule has 0 aromatic heterocycles. The minimum atomic E-state index is -0.794. The Bertz CT molecular complexity index is 1110. The molecule has 0 radical (unpaired) electrons. The highest BCUT2D eigenvalue weighted by molar-refractivity contribution is 7.98. The maximum Gasteiger partial charge on any atom is 0.193 e. The van der Waals surface area contributed by atoms with Crippen molar-refractivity contribution in [2.24, 2.45) is 0 Å². The van der Waals surface area contributed by atoms with Crippen LogP contribution in [0.4, 0.5) is 0 Å². The molecule has 0 amide bonds. The molecule has 170 valence electrons. The van der Waals surface area contributed by atoms with E-state index < -0.39 is 5.54 Å². The molecule has 0 spiro atoms. The van der Waals surface area contributed by atoms with Gasteiger partial charge in [0.25, 0.3) is 0 Å². The Kier molecular flexibility index (Phi) is 7.43. The molecule has 0 N–H and O–H groups in total. The van der Waals surface area contributed by atoms with Crippen molar-refractivity contribution in [2.75, 3.05) is 32.6 Å². The normalized spacial score (nSPS) is 16.2. The smallest absolute Gasteiger partial charge is 0.193 e. The Morgan fingerprint density at radius 1 is 0.879 bits per heavy atom. The molecule has 4 rings (SSSR count). The minimum Gasteiger partial charge on any atom is -0.379 e. The zero-order valence-electron chi connectivity index (χ0n) is 19.1. The minimum absolute atomic E-state index is 0.0210. The van der Waals surface area contributed by atoms with Gasteiger partial charge in [0.15, 0.2) is 11.6 Å². The van der Waals surface area contributed by atoms with Gasteiger partial charge < -0.3 is 4.74 Å². The number of hydrogen-bond donors (Lipinski definition) is 0. The highest BCUT2D eigenvalue weighted by atomic mass is 32.2. The number of rotatable bonds is 8. The summed E-state index contributed by atoms with van der Waals surface area (Å²) in [5.41, 5.74) is 2.08. The van der Waals surface area contributed by atoms with Gasteiger partial charge in [-0.25, -0.2) is 0 Å². The van der Waals surface area contributed by atoms with Gasteiger partial charge in [0, 0.05) is 34.7 Å². The molecule has 1 aliphatic rings. The number of hydrogen-bond acceptors (Lipinski definition) is 5. The monoisotopic (exact) mass is 459 g/mol. The maximum absolute atomic E-state index is 13.9. The summed E-state index contributed by atoms with van der Waals surface area (Å²) in [6, 6.07) is 24.8. The van der Waals surface area contributed by atoms with Gasteiger partial charge in [0.05, 0.1) is 18.8 Å². The van der Waals surface area contributed by atoms with E-state index in [0.29, 0.717) is 49.4 Å². The summed E-state index contributed by atoms with van der Waals surface area (Å²) in [6.45, 7) is 4.56. The SMILES string of the molecule is CSc1ccc(C(=O)C(C)(Cc2ccccc2C(=O)c2ccccc2)N2CCOCC2)cc1. The molecule has 3 aromatic carbocycles. The quantitative estimate of drug-likeness (QED) is 0.344. The van der Waals surface area contributed by atoms with Gasteiger partial charge in [0.1, 0.15) is 0 Å². The van der Waals surface area contributed by atoms with Gasteiger partial charge in [-0.1, -0.05) is 66.7 Å². The van der Waals surface area contributed by atoms with Crippen LogP contribution in [0.25, 0.3) is 0 Å². The third-order valence-corrected chi connectivity index (χ3v) is 7.13. The fourth-order valence-corrected chi connectivity index (χ4v) is 4.87. The van der Waals surface area contributed by atoms with E-state index in [1.54, 1.807) is 11.8 Å². The molecular weight excluding hydrogens is 430 g/mol. The summed E-state index contributed by atoms with van der Waals surface area (Å²) in [6.07, 6.45) is 2.47. The lowest BCUT2D eigenvalue weighted by atomic mass is 9.81. The standard InChI is InChI=1S/C28H29NO3S/c1-28(29-16-18-32-19-17-29,27(31)22-12-14-24(33-2)15-13-22)20-23-10-6-7-11-25(23)26(30)21-8-4-3-5-9-21/h3-15H,16-20H2,1-2H3. The van der Waals surface area contributed by atoms with Gasteiger partial charge in [-0.05, 0) is 37.3 Å². The van der Waals surface area contributed by atoms with Gasteiger partial charge in [-0.15, -0.1) is 11.8 Å². The van der Waals surface area contributed by atoms with Crippen molar-refractivity contribution in [2.45, 2.75) is 23.8 Å². The summed E-state index contributed by atoms with van der Waals surface area (Å²) >= 11 is 1.65. The molecule has 3 aromatic rings. The second kappa shape index (κ2) is 10.5. The number of benzene rings is 3. The second-order valence-electron chi connectivity index (χ2n) is 8.46. The first kappa shape index (κ1) is 23.4. The topological polar surface area (TPSA) is 46.6 Å². The summed E-state index contributed by atoms with van der Waals surface area (Å²) < 4.78 is 5.57. The highest BCUT2D eigenvalue weighted by Gasteiger charge is 2.41. The lowest BCUT2D eigenvalue weighted by Gasteiger charge is -2.42. The Labute approximate surface area is 200 Å². The van der Waals surface area contributed by atoms with E-state index in [0.717, 1.165) is 10.5 Å². The zero-order valence-corrected chi connectivity index (χ0v) is 19.9. The first-order valence-electron chi connectivity index (χ1n) is 11.2. The fraction of sp³-hybridized carbons (Fsp3) is 0.286. The third kappa shape index (κ3) is 5.11. The third-order valence-electron chi connectivity index (χ3n) is 6.38. The van der Waals surface area contributed by atoms with Crippen LogP contribution in [0.1, 0.15) is 38.8 Å². The lowest BCUT2D eigenvalue weighted by Crippen LogP contribution is -2.57. The number of Topliss-reactive ketones (excluding diaryl/α,β-unsaturated/α-hetero) is 1. The first-order valence-corrected chi connectivity index (χ1v) is 12.4. The number of nitrogens with zero attached hydrogens (tertiary/aromatic N) is 1. The van der Waals surface area contributed by atoms with Crippen LogP contribution in [0, 0.1) is 0 Å². The van der Waals surface area contributed by atoms with Crippen molar-refractivity contribution in [3.05, 3.63) is 101 Å². The first-order chi connectivity index (χ1) is 16.0. The van der Waals surface area contributed by atoms with Crippen molar-refractivity contribution < 1.29 is 14.3 Å². The number of morpholine rings is 1. The van der Waals surface area contributed by atoms with Crippen LogP contribution in [0.2, 0.25) is 0 Å². The predicted molar refractivity (Wildman–Crippen MR) is 133 cm³/mol. The molecule has 1 saturated heterocycles. The molecule has 1 unspecified atom stereocenters. The van der Waals surface area contributed by atoms with Crippen molar-refractivity contribution in [3.63, 3.8) is 0 Å². The average molecular weight is 460 g/mol. The van der Waals surface area contributed by atoms with Crippen molar-refractivity contribution in [3.8, 4) is 0 Å². The van der Waals surface area contributed by atoms with Gasteiger partial charge in [-0.2, -0.15) is 0 Å². The summed E-state index contributed by atoms with van der Waals surface area (Å²) in [5, 5.41) is 0. The maximum atomic E-state index is 13.9. The van der Waals surface area contributed by atoms with E-state index in [1.165, 1.54) is 0 Å². The summed E-state index contributed by atoms with van der Waals surface area (Å²) in [7, 11) is 0. The predicted octanol–water partition coefficient (Wildman–Crippen LogP) is 5.16. The molecule has 1 heterocycles. The molecule has 1 atom stereocenters. The molecule has 1 aliphatic heterocycles. The summed E-state index contributed by atoms with van der Waals surface area (Å²) in [5.74, 6) is 0.0475. The molecule has 0 aliphatic carbocycles. The van der Waals surface area contributed by atoms with Gasteiger partial charge in [-0.3, -0.25) is 14.5 Å². The van der Waals surface area contributed by atoms with Crippen LogP contribution >= 0.6 is 11.8 Å². The number of carbonyl (C=O) groups is 2. The largest absolute Gasteiger partial charge is 0.379 e. The van der Waals surface area contributed by atoms with Crippen molar-refractivity contribution >= 4 is 23.3 Å². The Morgan fingerprint density at radius 3 is 2.18 bits per heavy atom. The van der Waals surface area contributed by atoms with Crippen molar-refractivity contribution in [1.29, 1.82) is 0 Å². The van der Waals surface area contributed by atoms with E-state index in [-0.39, 0.29) is 11.6 Å². The zero-order chi connectivity index (χ0) is 23.3. The van der Waals surface area contributed by atoms with Crippen LogP contribution in [0.5, 0.6) is 0 Å².